The van der Waals surface area contributed by atoms with Crippen molar-refractivity contribution in [2.24, 2.45) is 0 Å². The highest BCUT2D eigenvalue weighted by molar-refractivity contribution is 5.98. The fourth-order valence-corrected chi connectivity index (χ4v) is 3.36. The molecule has 1 amide bonds. The van der Waals surface area contributed by atoms with Gasteiger partial charge >= 0.3 is 0 Å². The largest absolute Gasteiger partial charge is 0.486 e. The van der Waals surface area contributed by atoms with Gasteiger partial charge in [-0.15, -0.1) is 0 Å². The molecule has 1 fully saturated rings. The van der Waals surface area contributed by atoms with Crippen molar-refractivity contribution in [1.29, 1.82) is 0 Å². The second-order valence-electron chi connectivity index (χ2n) is 6.38. The van der Waals surface area contributed by atoms with Crippen LogP contribution < -0.4 is 9.47 Å². The molecule has 5 heteroatoms. The van der Waals surface area contributed by atoms with E-state index in [-0.39, 0.29) is 5.91 Å². The summed E-state index contributed by atoms with van der Waals surface area (Å²) >= 11 is 0. The minimum atomic E-state index is 0.0294. The third-order valence-electron chi connectivity index (χ3n) is 4.71. The maximum atomic E-state index is 12.9. The van der Waals surface area contributed by atoms with Crippen LogP contribution in [0.15, 0.2) is 48.5 Å². The fraction of sp³-hybridized carbons (Fsp3) is 0.350. The summed E-state index contributed by atoms with van der Waals surface area (Å²) in [5.74, 6) is 1.28. The van der Waals surface area contributed by atoms with Crippen molar-refractivity contribution in [1.82, 2.24) is 9.80 Å². The summed E-state index contributed by atoms with van der Waals surface area (Å²) in [6, 6.07) is 16.0. The Bertz CT molecular complexity index is 740. The summed E-state index contributed by atoms with van der Waals surface area (Å²) in [5.41, 5.74) is 1.92. The van der Waals surface area contributed by atoms with E-state index in [1.807, 2.05) is 29.2 Å². The highest BCUT2D eigenvalue weighted by Crippen LogP contribution is 2.34. The normalized spacial score (nSPS) is 17.4. The molecule has 0 bridgehead atoms. The first-order chi connectivity index (χ1) is 12.3. The number of benzene rings is 2. The molecule has 5 nitrogen and oxygen atoms in total. The van der Waals surface area contributed by atoms with Gasteiger partial charge in [0, 0.05) is 32.7 Å². The summed E-state index contributed by atoms with van der Waals surface area (Å²) < 4.78 is 11.3. The maximum absolute atomic E-state index is 12.9. The topological polar surface area (TPSA) is 42.0 Å². The SMILES string of the molecule is O=C(c1cccc2c1OCCO2)N1CCN(Cc2ccccc2)CC1. The Morgan fingerprint density at radius 3 is 2.44 bits per heavy atom. The molecule has 0 aliphatic carbocycles. The molecule has 2 aromatic rings. The molecule has 2 aliphatic rings. The number of ether oxygens (including phenoxy) is 2. The van der Waals surface area contributed by atoms with Crippen molar-refractivity contribution < 1.29 is 14.3 Å². The molecule has 130 valence electrons. The van der Waals surface area contributed by atoms with Gasteiger partial charge in [0.2, 0.25) is 0 Å². The molecule has 25 heavy (non-hydrogen) atoms. The van der Waals surface area contributed by atoms with Crippen molar-refractivity contribution in [3.63, 3.8) is 0 Å². The zero-order chi connectivity index (χ0) is 17.1. The zero-order valence-corrected chi connectivity index (χ0v) is 14.2. The highest BCUT2D eigenvalue weighted by atomic mass is 16.6. The van der Waals surface area contributed by atoms with Gasteiger partial charge in [0.15, 0.2) is 11.5 Å². The Balaban J connectivity index is 1.40. The van der Waals surface area contributed by atoms with Gasteiger partial charge < -0.3 is 14.4 Å². The molecule has 2 aromatic carbocycles. The second kappa shape index (κ2) is 7.15. The van der Waals surface area contributed by atoms with E-state index in [2.05, 4.69) is 29.2 Å². The Kier molecular flexibility index (Phi) is 4.57. The van der Waals surface area contributed by atoms with Crippen molar-refractivity contribution >= 4 is 5.91 Å². The molecule has 4 rings (SSSR count). The Morgan fingerprint density at radius 2 is 1.64 bits per heavy atom. The van der Waals surface area contributed by atoms with Crippen LogP contribution in [-0.2, 0) is 6.54 Å². The standard InChI is InChI=1S/C20H22N2O3/c23-20(17-7-4-8-18-19(17)25-14-13-24-18)22-11-9-21(10-12-22)15-16-5-2-1-3-6-16/h1-8H,9-15H2. The first kappa shape index (κ1) is 16.0. The quantitative estimate of drug-likeness (QED) is 0.862. The van der Waals surface area contributed by atoms with Crippen molar-refractivity contribution in [3.8, 4) is 11.5 Å². The molecule has 2 heterocycles. The molecule has 0 radical (unpaired) electrons. The summed E-state index contributed by atoms with van der Waals surface area (Å²) in [6.07, 6.45) is 0. The molecule has 2 aliphatic heterocycles. The smallest absolute Gasteiger partial charge is 0.257 e. The maximum Gasteiger partial charge on any atom is 0.257 e. The van der Waals surface area contributed by atoms with Gasteiger partial charge in [-0.05, 0) is 17.7 Å². The predicted molar refractivity (Wildman–Crippen MR) is 95.1 cm³/mol. The number of piperazine rings is 1. The summed E-state index contributed by atoms with van der Waals surface area (Å²) in [6.45, 7) is 5.18. The van der Waals surface area contributed by atoms with Crippen molar-refractivity contribution in [2.75, 3.05) is 39.4 Å². The van der Waals surface area contributed by atoms with E-state index in [0.717, 1.165) is 32.7 Å². The minimum absolute atomic E-state index is 0.0294. The average molecular weight is 338 g/mol. The predicted octanol–water partition coefficient (Wildman–Crippen LogP) is 2.42. The fourth-order valence-electron chi connectivity index (χ4n) is 3.36. The van der Waals surface area contributed by atoms with E-state index in [9.17, 15) is 4.79 Å². The number of carbonyl (C=O) groups is 1. The molecular weight excluding hydrogens is 316 g/mol. The van der Waals surface area contributed by atoms with Crippen molar-refractivity contribution in [2.45, 2.75) is 6.54 Å². The van der Waals surface area contributed by atoms with Crippen LogP contribution in [0.5, 0.6) is 11.5 Å². The third-order valence-corrected chi connectivity index (χ3v) is 4.71. The molecule has 0 N–H and O–H groups in total. The lowest BCUT2D eigenvalue weighted by Crippen LogP contribution is -2.48. The lowest BCUT2D eigenvalue weighted by molar-refractivity contribution is 0.0619. The lowest BCUT2D eigenvalue weighted by atomic mass is 10.1. The monoisotopic (exact) mass is 338 g/mol. The zero-order valence-electron chi connectivity index (χ0n) is 14.2. The molecule has 0 unspecified atom stereocenters. The molecule has 0 aromatic heterocycles. The van der Waals surface area contributed by atoms with Gasteiger partial charge in [-0.25, -0.2) is 0 Å². The van der Waals surface area contributed by atoms with Crippen LogP contribution >= 0.6 is 0 Å². The molecule has 0 atom stereocenters. The second-order valence-corrected chi connectivity index (χ2v) is 6.38. The lowest BCUT2D eigenvalue weighted by Gasteiger charge is -2.35. The van der Waals surface area contributed by atoms with Crippen molar-refractivity contribution in [3.05, 3.63) is 59.7 Å². The summed E-state index contributed by atoms with van der Waals surface area (Å²) in [4.78, 5) is 17.2. The van der Waals surface area contributed by atoms with E-state index in [1.165, 1.54) is 5.56 Å². The van der Waals surface area contributed by atoms with E-state index in [4.69, 9.17) is 9.47 Å². The average Bonchev–Trinajstić information content (AvgIpc) is 2.68. The van der Waals surface area contributed by atoms with E-state index in [1.54, 1.807) is 0 Å². The first-order valence-corrected chi connectivity index (χ1v) is 8.75. The van der Waals surface area contributed by atoms with E-state index < -0.39 is 0 Å². The number of amides is 1. The number of nitrogens with zero attached hydrogens (tertiary/aromatic N) is 2. The first-order valence-electron chi connectivity index (χ1n) is 8.75. The number of hydrogen-bond acceptors (Lipinski definition) is 4. The van der Waals surface area contributed by atoms with E-state index >= 15 is 0 Å². The van der Waals surface area contributed by atoms with Crippen LogP contribution in [-0.4, -0.2) is 55.1 Å². The number of fused-ring (bicyclic) bond motifs is 1. The molecule has 0 spiro atoms. The highest BCUT2D eigenvalue weighted by Gasteiger charge is 2.27. The summed E-state index contributed by atoms with van der Waals surface area (Å²) in [5, 5.41) is 0. The van der Waals surface area contributed by atoms with Gasteiger partial charge in [0.1, 0.15) is 13.2 Å². The minimum Gasteiger partial charge on any atom is -0.486 e. The third kappa shape index (κ3) is 3.46. The van der Waals surface area contributed by atoms with Gasteiger partial charge in [-0.3, -0.25) is 9.69 Å². The number of hydrogen-bond donors (Lipinski definition) is 0. The Labute approximate surface area is 147 Å². The molecule has 0 saturated carbocycles. The van der Waals surface area contributed by atoms with Crippen LogP contribution in [0.2, 0.25) is 0 Å². The van der Waals surface area contributed by atoms with Crippen LogP contribution in [0.3, 0.4) is 0 Å². The van der Waals surface area contributed by atoms with E-state index in [0.29, 0.717) is 30.3 Å². The van der Waals surface area contributed by atoms with Crippen LogP contribution in [0.25, 0.3) is 0 Å². The van der Waals surface area contributed by atoms with Gasteiger partial charge in [-0.1, -0.05) is 36.4 Å². The van der Waals surface area contributed by atoms with Gasteiger partial charge in [-0.2, -0.15) is 0 Å². The molecular formula is C20H22N2O3. The number of carbonyl (C=O) groups excluding carboxylic acids is 1. The Hall–Kier alpha value is -2.53. The Morgan fingerprint density at radius 1 is 0.880 bits per heavy atom. The van der Waals surface area contributed by atoms with Gasteiger partial charge in [0.05, 0.1) is 5.56 Å². The van der Waals surface area contributed by atoms with Crippen LogP contribution in [0, 0.1) is 0 Å². The van der Waals surface area contributed by atoms with Crippen LogP contribution in [0.1, 0.15) is 15.9 Å². The molecule has 1 saturated heterocycles. The number of rotatable bonds is 3. The number of para-hydroxylation sites is 1. The summed E-state index contributed by atoms with van der Waals surface area (Å²) in [7, 11) is 0. The van der Waals surface area contributed by atoms with Gasteiger partial charge in [0.25, 0.3) is 5.91 Å². The van der Waals surface area contributed by atoms with Crippen LogP contribution in [0.4, 0.5) is 0 Å².